The van der Waals surface area contributed by atoms with Gasteiger partial charge in [-0.1, -0.05) is 30.3 Å². The highest BCUT2D eigenvalue weighted by molar-refractivity contribution is 6.08. The number of nitro benzene ring substituents is 1. The van der Waals surface area contributed by atoms with Crippen LogP contribution in [0.4, 0.5) is 16.2 Å². The summed E-state index contributed by atoms with van der Waals surface area (Å²) in [7, 11) is 0. The average Bonchev–Trinajstić information content (AvgIpc) is 2.48. The van der Waals surface area contributed by atoms with E-state index in [-0.39, 0.29) is 11.4 Å². The number of para-hydroxylation sites is 2. The Hall–Kier alpha value is -3.22. The third-order valence-corrected chi connectivity index (χ3v) is 2.61. The Bertz CT molecular complexity index is 686. The summed E-state index contributed by atoms with van der Waals surface area (Å²) in [4.78, 5) is 33.7. The van der Waals surface area contributed by atoms with Gasteiger partial charge in [-0.25, -0.2) is 4.79 Å². The van der Waals surface area contributed by atoms with Crippen molar-refractivity contribution in [2.75, 3.05) is 5.32 Å². The number of nitrogens with one attached hydrogen (secondary N) is 2. The molecule has 0 bridgehead atoms. The number of carbonyl (C=O) groups excluding carboxylic acids is 2. The number of rotatable bonds is 3. The summed E-state index contributed by atoms with van der Waals surface area (Å²) in [5.41, 5.74) is 0.0795. The maximum atomic E-state index is 11.8. The molecule has 2 aromatic rings. The van der Waals surface area contributed by atoms with E-state index in [0.29, 0.717) is 5.56 Å². The van der Waals surface area contributed by atoms with Crippen molar-refractivity contribution in [3.63, 3.8) is 0 Å². The molecule has 0 heterocycles. The fourth-order valence-corrected chi connectivity index (χ4v) is 1.66. The molecule has 0 aliphatic carbocycles. The summed E-state index contributed by atoms with van der Waals surface area (Å²) >= 11 is 0. The molecular formula is C14H11N3O4. The molecule has 7 nitrogen and oxygen atoms in total. The van der Waals surface area contributed by atoms with Crippen LogP contribution in [0.25, 0.3) is 0 Å². The van der Waals surface area contributed by atoms with Gasteiger partial charge in [-0.3, -0.25) is 20.2 Å². The van der Waals surface area contributed by atoms with Gasteiger partial charge in [-0.05, 0) is 18.2 Å². The number of urea groups is 1. The van der Waals surface area contributed by atoms with Crippen LogP contribution in [-0.4, -0.2) is 16.9 Å². The van der Waals surface area contributed by atoms with Gasteiger partial charge >= 0.3 is 6.03 Å². The van der Waals surface area contributed by atoms with E-state index in [2.05, 4.69) is 10.6 Å². The minimum absolute atomic E-state index is 0.0147. The molecule has 0 radical (unpaired) electrons. The van der Waals surface area contributed by atoms with Gasteiger partial charge < -0.3 is 5.32 Å². The molecule has 0 fully saturated rings. The number of hydrogen-bond donors (Lipinski definition) is 2. The third kappa shape index (κ3) is 3.63. The molecule has 106 valence electrons. The van der Waals surface area contributed by atoms with Gasteiger partial charge in [0, 0.05) is 11.6 Å². The molecule has 7 heteroatoms. The summed E-state index contributed by atoms with van der Waals surface area (Å²) in [5.74, 6) is -0.591. The number of nitrogens with zero attached hydrogens (tertiary/aromatic N) is 1. The predicted molar refractivity (Wildman–Crippen MR) is 76.0 cm³/mol. The Morgan fingerprint density at radius 3 is 2.24 bits per heavy atom. The van der Waals surface area contributed by atoms with Gasteiger partial charge in [-0.2, -0.15) is 0 Å². The van der Waals surface area contributed by atoms with Crippen LogP contribution in [0.2, 0.25) is 0 Å². The zero-order valence-corrected chi connectivity index (χ0v) is 10.8. The number of nitro groups is 1. The lowest BCUT2D eigenvalue weighted by atomic mass is 10.2. The van der Waals surface area contributed by atoms with Gasteiger partial charge in [-0.15, -0.1) is 0 Å². The molecule has 0 saturated carbocycles. The molecule has 0 unspecified atom stereocenters. The standard InChI is InChI=1S/C14H11N3O4/c18-13(10-6-2-1-3-7-10)16-14(19)15-11-8-4-5-9-12(11)17(20)21/h1-9H,(H2,15,16,18,19). The van der Waals surface area contributed by atoms with Gasteiger partial charge in [0.15, 0.2) is 0 Å². The number of benzene rings is 2. The van der Waals surface area contributed by atoms with E-state index in [1.165, 1.54) is 18.2 Å². The summed E-state index contributed by atoms with van der Waals surface area (Å²) in [6, 6.07) is 13.0. The quantitative estimate of drug-likeness (QED) is 0.668. The normalized spacial score (nSPS) is 9.71. The number of anilines is 1. The second kappa shape index (κ2) is 6.29. The molecular weight excluding hydrogens is 274 g/mol. The van der Waals surface area contributed by atoms with E-state index in [1.807, 2.05) is 0 Å². The van der Waals surface area contributed by atoms with Crippen LogP contribution >= 0.6 is 0 Å². The third-order valence-electron chi connectivity index (χ3n) is 2.61. The highest BCUT2D eigenvalue weighted by Crippen LogP contribution is 2.22. The molecule has 3 amide bonds. The van der Waals surface area contributed by atoms with Crippen LogP contribution in [-0.2, 0) is 0 Å². The van der Waals surface area contributed by atoms with Gasteiger partial charge in [0.2, 0.25) is 0 Å². The van der Waals surface area contributed by atoms with Crippen LogP contribution in [0.3, 0.4) is 0 Å². The van der Waals surface area contributed by atoms with Crippen molar-refractivity contribution in [3.8, 4) is 0 Å². The molecule has 0 atom stereocenters. The maximum Gasteiger partial charge on any atom is 0.326 e. The van der Waals surface area contributed by atoms with E-state index in [4.69, 9.17) is 0 Å². The van der Waals surface area contributed by atoms with E-state index in [1.54, 1.807) is 36.4 Å². The molecule has 2 N–H and O–H groups in total. The lowest BCUT2D eigenvalue weighted by molar-refractivity contribution is -0.383. The van der Waals surface area contributed by atoms with Crippen molar-refractivity contribution in [3.05, 3.63) is 70.3 Å². The number of imide groups is 1. The Morgan fingerprint density at radius 1 is 0.952 bits per heavy atom. The zero-order chi connectivity index (χ0) is 15.2. The Labute approximate surface area is 119 Å². The minimum Gasteiger partial charge on any atom is -0.302 e. The number of hydrogen-bond acceptors (Lipinski definition) is 4. The summed E-state index contributed by atoms with van der Waals surface area (Å²) in [6.07, 6.45) is 0. The highest BCUT2D eigenvalue weighted by atomic mass is 16.6. The van der Waals surface area contributed by atoms with Crippen LogP contribution in [0.1, 0.15) is 10.4 Å². The lowest BCUT2D eigenvalue weighted by Gasteiger charge is -2.07. The van der Waals surface area contributed by atoms with Crippen molar-refractivity contribution in [2.24, 2.45) is 0 Å². The smallest absolute Gasteiger partial charge is 0.302 e. The zero-order valence-electron chi connectivity index (χ0n) is 10.8. The average molecular weight is 285 g/mol. The van der Waals surface area contributed by atoms with E-state index in [9.17, 15) is 19.7 Å². The first-order valence-electron chi connectivity index (χ1n) is 5.99. The monoisotopic (exact) mass is 285 g/mol. The SMILES string of the molecule is O=C(NC(=O)c1ccccc1)Nc1ccccc1[N+](=O)[O-]. The number of amides is 3. The lowest BCUT2D eigenvalue weighted by Crippen LogP contribution is -2.34. The maximum absolute atomic E-state index is 11.8. The van der Waals surface area contributed by atoms with Crippen LogP contribution in [0.5, 0.6) is 0 Å². The second-order valence-electron chi connectivity index (χ2n) is 4.05. The summed E-state index contributed by atoms with van der Waals surface area (Å²) in [5, 5.41) is 15.2. The second-order valence-corrected chi connectivity index (χ2v) is 4.05. The predicted octanol–water partition coefficient (Wildman–Crippen LogP) is 2.56. The van der Waals surface area contributed by atoms with E-state index in [0.717, 1.165) is 0 Å². The largest absolute Gasteiger partial charge is 0.326 e. The Morgan fingerprint density at radius 2 is 1.57 bits per heavy atom. The first-order chi connectivity index (χ1) is 10.1. The van der Waals surface area contributed by atoms with Crippen LogP contribution in [0.15, 0.2) is 54.6 Å². The highest BCUT2D eigenvalue weighted by Gasteiger charge is 2.16. The van der Waals surface area contributed by atoms with Crippen LogP contribution in [0, 0.1) is 10.1 Å². The first kappa shape index (κ1) is 14.2. The fourth-order valence-electron chi connectivity index (χ4n) is 1.66. The van der Waals surface area contributed by atoms with Crippen molar-refractivity contribution < 1.29 is 14.5 Å². The topological polar surface area (TPSA) is 101 Å². The fraction of sp³-hybridized carbons (Fsp3) is 0. The minimum atomic E-state index is -0.835. The molecule has 0 spiro atoms. The van der Waals surface area contributed by atoms with E-state index < -0.39 is 16.9 Å². The molecule has 21 heavy (non-hydrogen) atoms. The molecule has 0 saturated heterocycles. The van der Waals surface area contributed by atoms with E-state index >= 15 is 0 Å². The summed E-state index contributed by atoms with van der Waals surface area (Å²) < 4.78 is 0. The molecule has 0 aliphatic heterocycles. The van der Waals surface area contributed by atoms with Crippen molar-refractivity contribution in [2.45, 2.75) is 0 Å². The van der Waals surface area contributed by atoms with Gasteiger partial charge in [0.1, 0.15) is 5.69 Å². The van der Waals surface area contributed by atoms with Crippen molar-refractivity contribution >= 4 is 23.3 Å². The van der Waals surface area contributed by atoms with Crippen molar-refractivity contribution in [1.29, 1.82) is 0 Å². The van der Waals surface area contributed by atoms with Gasteiger partial charge in [0.25, 0.3) is 11.6 Å². The molecule has 2 rings (SSSR count). The molecule has 0 aromatic heterocycles. The van der Waals surface area contributed by atoms with Crippen molar-refractivity contribution in [1.82, 2.24) is 5.32 Å². The Balaban J connectivity index is 2.06. The number of carbonyl (C=O) groups is 2. The van der Waals surface area contributed by atoms with Crippen LogP contribution < -0.4 is 10.6 Å². The summed E-state index contributed by atoms with van der Waals surface area (Å²) in [6.45, 7) is 0. The Kier molecular flexibility index (Phi) is 4.25. The first-order valence-corrected chi connectivity index (χ1v) is 5.99. The van der Waals surface area contributed by atoms with Gasteiger partial charge in [0.05, 0.1) is 4.92 Å². The molecule has 0 aliphatic rings. The molecule has 2 aromatic carbocycles.